The van der Waals surface area contributed by atoms with E-state index in [4.69, 9.17) is 5.11 Å². The highest BCUT2D eigenvalue weighted by molar-refractivity contribution is 5.91. The van der Waals surface area contributed by atoms with Gasteiger partial charge in [0.2, 0.25) is 11.7 Å². The summed E-state index contributed by atoms with van der Waals surface area (Å²) in [6, 6.07) is 11.1. The highest BCUT2D eigenvalue weighted by Gasteiger charge is 2.29. The predicted molar refractivity (Wildman–Crippen MR) is 138 cm³/mol. The number of hydrogen-bond donors (Lipinski definition) is 4. The summed E-state index contributed by atoms with van der Waals surface area (Å²) in [7, 11) is 0. The van der Waals surface area contributed by atoms with Gasteiger partial charge in [-0.3, -0.25) is 9.59 Å². The first kappa shape index (κ1) is 26.5. The minimum absolute atomic E-state index is 0.457. The zero-order valence-electron chi connectivity index (χ0n) is 20.9. The summed E-state index contributed by atoms with van der Waals surface area (Å²) in [4.78, 5) is 40.5. The predicted octanol–water partition coefficient (Wildman–Crippen LogP) is 3.44. The number of carboxylic acid groups (broad SMARTS) is 2. The molecule has 0 radical (unpaired) electrons. The molecular weight excluding hydrogens is 490 g/mol. The lowest BCUT2D eigenvalue weighted by molar-refractivity contribution is -0.147. The summed E-state index contributed by atoms with van der Waals surface area (Å²) >= 11 is 0. The third kappa shape index (κ3) is 6.02. The topological polar surface area (TPSA) is 176 Å². The van der Waals surface area contributed by atoms with Crippen LogP contribution in [0.15, 0.2) is 48.8 Å². The number of carboxylic acids is 2. The van der Waals surface area contributed by atoms with Gasteiger partial charge in [-0.25, -0.2) is 9.78 Å². The van der Waals surface area contributed by atoms with Crippen molar-refractivity contribution in [1.82, 2.24) is 35.5 Å². The minimum Gasteiger partial charge on any atom is -0.481 e. The number of carbonyl (C=O) groups is 3. The highest BCUT2D eigenvalue weighted by Crippen LogP contribution is 2.32. The number of aliphatic carboxylic acids is 2. The summed E-state index contributed by atoms with van der Waals surface area (Å²) in [5.74, 6) is -2.80. The van der Waals surface area contributed by atoms with Gasteiger partial charge < -0.3 is 20.1 Å². The van der Waals surface area contributed by atoms with Crippen molar-refractivity contribution >= 4 is 28.9 Å². The Bertz CT molecular complexity index is 1420. The fourth-order valence-corrected chi connectivity index (χ4v) is 4.46. The lowest BCUT2D eigenvalue weighted by Gasteiger charge is -2.21. The van der Waals surface area contributed by atoms with Crippen molar-refractivity contribution in [3.63, 3.8) is 0 Å². The van der Waals surface area contributed by atoms with Gasteiger partial charge in [0.25, 0.3) is 0 Å². The average molecular weight is 520 g/mol. The highest BCUT2D eigenvalue weighted by atomic mass is 16.4. The third-order valence-corrected chi connectivity index (χ3v) is 6.36. The maximum atomic E-state index is 13.3. The largest absolute Gasteiger partial charge is 0.481 e. The van der Waals surface area contributed by atoms with E-state index in [0.29, 0.717) is 23.3 Å². The van der Waals surface area contributed by atoms with Crippen LogP contribution >= 0.6 is 0 Å². The Balaban J connectivity index is 1.66. The first-order chi connectivity index (χ1) is 18.4. The SMILES string of the molecule is CCCCCCC(C(=O)N[C@@H](CC(=O)O)C(=O)O)n1cnc2cc(-c3ccccc3-c3nn[nH]n3)ccc21. The Morgan fingerprint density at radius 1 is 1.05 bits per heavy atom. The number of tetrazole rings is 1. The third-order valence-electron chi connectivity index (χ3n) is 6.36. The molecule has 0 bridgehead atoms. The van der Waals surface area contributed by atoms with Crippen LogP contribution in [0.3, 0.4) is 0 Å². The van der Waals surface area contributed by atoms with Crippen LogP contribution in [0.25, 0.3) is 33.5 Å². The lowest BCUT2D eigenvalue weighted by Crippen LogP contribution is -2.45. The molecule has 12 nitrogen and oxygen atoms in total. The second-order valence-electron chi connectivity index (χ2n) is 9.00. The maximum Gasteiger partial charge on any atom is 0.326 e. The smallest absolute Gasteiger partial charge is 0.326 e. The fraction of sp³-hybridized carbons (Fsp3) is 0.346. The van der Waals surface area contributed by atoms with Gasteiger partial charge in [-0.1, -0.05) is 62.9 Å². The molecule has 0 spiro atoms. The Hall–Kier alpha value is -4.61. The molecule has 12 heteroatoms. The molecule has 2 aromatic carbocycles. The van der Waals surface area contributed by atoms with Crippen molar-refractivity contribution in [2.24, 2.45) is 0 Å². The minimum atomic E-state index is -1.53. The molecule has 0 aliphatic rings. The number of imidazole rings is 1. The van der Waals surface area contributed by atoms with Gasteiger partial charge >= 0.3 is 11.9 Å². The molecule has 0 saturated heterocycles. The number of aromatic nitrogens is 6. The zero-order chi connectivity index (χ0) is 27.1. The number of amides is 1. The molecule has 2 heterocycles. The van der Waals surface area contributed by atoms with E-state index in [9.17, 15) is 19.5 Å². The first-order valence-corrected chi connectivity index (χ1v) is 12.4. The summed E-state index contributed by atoms with van der Waals surface area (Å²) in [5.41, 5.74) is 3.91. The van der Waals surface area contributed by atoms with Crippen LogP contribution in [-0.4, -0.2) is 64.3 Å². The fourth-order valence-electron chi connectivity index (χ4n) is 4.46. The number of unbranched alkanes of at least 4 members (excludes halogenated alkanes) is 3. The molecule has 0 aliphatic carbocycles. The molecule has 2 aromatic heterocycles. The number of nitrogens with one attached hydrogen (secondary N) is 2. The lowest BCUT2D eigenvalue weighted by atomic mass is 9.98. The second kappa shape index (κ2) is 12.1. The van der Waals surface area contributed by atoms with Crippen molar-refractivity contribution in [2.45, 2.75) is 57.5 Å². The number of carbonyl (C=O) groups excluding carboxylic acids is 1. The Kier molecular flexibility index (Phi) is 8.41. The number of H-pyrrole nitrogens is 1. The van der Waals surface area contributed by atoms with E-state index in [-0.39, 0.29) is 0 Å². The summed E-state index contributed by atoms with van der Waals surface area (Å²) in [5, 5.41) is 35.2. The monoisotopic (exact) mass is 519 g/mol. The van der Waals surface area contributed by atoms with Crippen LogP contribution in [0.1, 0.15) is 51.5 Å². The number of hydrogen-bond acceptors (Lipinski definition) is 7. The molecule has 198 valence electrons. The Labute approximate surface area is 218 Å². The van der Waals surface area contributed by atoms with E-state index < -0.39 is 36.4 Å². The number of benzene rings is 2. The molecule has 2 atom stereocenters. The van der Waals surface area contributed by atoms with E-state index in [0.717, 1.165) is 42.4 Å². The molecule has 1 unspecified atom stereocenters. The van der Waals surface area contributed by atoms with Crippen molar-refractivity contribution < 1.29 is 24.6 Å². The van der Waals surface area contributed by atoms with E-state index in [2.05, 4.69) is 37.8 Å². The zero-order valence-corrected chi connectivity index (χ0v) is 20.9. The molecular formula is C26H29N7O5. The van der Waals surface area contributed by atoms with Crippen LogP contribution in [-0.2, 0) is 14.4 Å². The van der Waals surface area contributed by atoms with Crippen molar-refractivity contribution in [1.29, 1.82) is 0 Å². The summed E-state index contributed by atoms with van der Waals surface area (Å²) < 4.78 is 1.73. The summed E-state index contributed by atoms with van der Waals surface area (Å²) in [6.45, 7) is 2.09. The normalized spacial score (nSPS) is 12.8. The van der Waals surface area contributed by atoms with Gasteiger partial charge in [0.05, 0.1) is 23.8 Å². The van der Waals surface area contributed by atoms with Gasteiger partial charge in [-0.15, -0.1) is 10.2 Å². The van der Waals surface area contributed by atoms with Gasteiger partial charge in [-0.05, 0) is 34.9 Å². The van der Waals surface area contributed by atoms with Crippen molar-refractivity contribution in [2.75, 3.05) is 0 Å². The van der Waals surface area contributed by atoms with Gasteiger partial charge in [0, 0.05) is 5.56 Å². The van der Waals surface area contributed by atoms with Gasteiger partial charge in [0.1, 0.15) is 12.1 Å². The van der Waals surface area contributed by atoms with E-state index in [1.165, 1.54) is 0 Å². The summed E-state index contributed by atoms with van der Waals surface area (Å²) in [6.07, 6.45) is 5.02. The van der Waals surface area contributed by atoms with E-state index in [1.807, 2.05) is 42.5 Å². The van der Waals surface area contributed by atoms with Gasteiger partial charge in [-0.2, -0.15) is 5.21 Å². The molecule has 0 saturated carbocycles. The number of rotatable bonds is 13. The molecule has 0 aliphatic heterocycles. The number of nitrogens with zero attached hydrogens (tertiary/aromatic N) is 5. The first-order valence-electron chi connectivity index (χ1n) is 12.4. The van der Waals surface area contributed by atoms with E-state index >= 15 is 0 Å². The second-order valence-corrected chi connectivity index (χ2v) is 9.00. The molecule has 1 amide bonds. The van der Waals surface area contributed by atoms with Crippen LogP contribution in [0, 0.1) is 0 Å². The number of aromatic amines is 1. The molecule has 0 fully saturated rings. The Morgan fingerprint density at radius 2 is 1.84 bits per heavy atom. The van der Waals surface area contributed by atoms with Crippen molar-refractivity contribution in [3.8, 4) is 22.5 Å². The standard InChI is InChI=1S/C26H29N7O5/c1-2-3-4-5-10-22(25(36)28-20(26(37)38)14-23(34)35)33-15-27-19-13-16(11-12-21(19)33)17-8-6-7-9-18(17)24-29-31-32-30-24/h6-9,11-13,15,20,22H,2-5,10,14H2,1H3,(H,28,36)(H,34,35)(H,37,38)(H,29,30,31,32)/t20-,22?/m0/s1. The quantitative estimate of drug-likeness (QED) is 0.193. The molecule has 4 N–H and O–H groups in total. The molecule has 4 aromatic rings. The van der Waals surface area contributed by atoms with Crippen molar-refractivity contribution in [3.05, 3.63) is 48.8 Å². The van der Waals surface area contributed by atoms with Crippen LogP contribution in [0.4, 0.5) is 0 Å². The van der Waals surface area contributed by atoms with E-state index in [1.54, 1.807) is 10.9 Å². The van der Waals surface area contributed by atoms with Crippen LogP contribution < -0.4 is 5.32 Å². The molecule has 4 rings (SSSR count). The van der Waals surface area contributed by atoms with Crippen LogP contribution in [0.5, 0.6) is 0 Å². The number of fused-ring (bicyclic) bond motifs is 1. The molecule has 38 heavy (non-hydrogen) atoms. The van der Waals surface area contributed by atoms with Gasteiger partial charge in [0.15, 0.2) is 0 Å². The van der Waals surface area contributed by atoms with Crippen LogP contribution in [0.2, 0.25) is 0 Å². The average Bonchev–Trinajstić information content (AvgIpc) is 3.58. The Morgan fingerprint density at radius 3 is 2.53 bits per heavy atom. The maximum absolute atomic E-state index is 13.3.